The molecule has 0 spiro atoms. The van der Waals surface area contributed by atoms with Gasteiger partial charge in [0, 0.05) is 29.1 Å². The predicted octanol–water partition coefficient (Wildman–Crippen LogP) is 5.50. The molecule has 5 nitrogen and oxygen atoms in total. The van der Waals surface area contributed by atoms with Gasteiger partial charge >= 0.3 is 6.18 Å². The number of halogens is 4. The van der Waals surface area contributed by atoms with E-state index >= 15 is 0 Å². The molecular formula is C22H19ClF3N3O2S. The fraction of sp³-hybridized carbons (Fsp3) is 0.273. The zero-order chi connectivity index (χ0) is 22.7. The molecule has 2 heterocycles. The maximum Gasteiger partial charge on any atom is 0.416 e. The highest BCUT2D eigenvalue weighted by Crippen LogP contribution is 2.36. The number of nitrogens with one attached hydrogen (secondary N) is 1. The summed E-state index contributed by atoms with van der Waals surface area (Å²) in [6.07, 6.45) is -4.56. The Bertz CT molecular complexity index is 1100. The van der Waals surface area contributed by atoms with Crippen molar-refractivity contribution in [2.45, 2.75) is 12.6 Å². The SMILES string of the molecule is O=C(Cc1csc(-c2ccc(Cl)cc2)n1)Nc1cc(C(F)(F)F)ccc1N1CCOCC1. The monoisotopic (exact) mass is 481 g/mol. The average molecular weight is 482 g/mol. The molecule has 1 N–H and O–H groups in total. The first-order valence-corrected chi connectivity index (χ1v) is 11.1. The lowest BCUT2D eigenvalue weighted by atomic mass is 10.1. The van der Waals surface area contributed by atoms with Gasteiger partial charge in [-0.2, -0.15) is 13.2 Å². The molecule has 1 aliphatic rings. The molecule has 32 heavy (non-hydrogen) atoms. The van der Waals surface area contributed by atoms with E-state index in [1.807, 2.05) is 17.0 Å². The van der Waals surface area contributed by atoms with E-state index in [1.165, 1.54) is 17.4 Å². The Labute approximate surface area is 191 Å². The van der Waals surface area contributed by atoms with Gasteiger partial charge < -0.3 is 15.0 Å². The van der Waals surface area contributed by atoms with Crippen molar-refractivity contribution in [2.75, 3.05) is 36.5 Å². The number of ether oxygens (including phenoxy) is 1. The Balaban J connectivity index is 1.52. The predicted molar refractivity (Wildman–Crippen MR) is 119 cm³/mol. The second-order valence-electron chi connectivity index (χ2n) is 7.20. The number of nitrogens with zero attached hydrogens (tertiary/aromatic N) is 2. The van der Waals surface area contributed by atoms with Gasteiger partial charge in [0.2, 0.25) is 5.91 Å². The number of hydrogen-bond acceptors (Lipinski definition) is 5. The van der Waals surface area contributed by atoms with Crippen LogP contribution in [0.3, 0.4) is 0 Å². The van der Waals surface area contributed by atoms with Crippen molar-refractivity contribution in [1.29, 1.82) is 0 Å². The number of aromatic nitrogens is 1. The van der Waals surface area contributed by atoms with Crippen LogP contribution in [0.1, 0.15) is 11.3 Å². The van der Waals surface area contributed by atoms with E-state index < -0.39 is 17.6 Å². The summed E-state index contributed by atoms with van der Waals surface area (Å²) in [5.41, 5.74) is 1.26. The molecule has 3 aromatic rings. The smallest absolute Gasteiger partial charge is 0.378 e. The quantitative estimate of drug-likeness (QED) is 0.523. The topological polar surface area (TPSA) is 54.5 Å². The average Bonchev–Trinajstić information content (AvgIpc) is 3.22. The molecule has 0 aliphatic carbocycles. The summed E-state index contributed by atoms with van der Waals surface area (Å²) in [4.78, 5) is 19.1. The highest BCUT2D eigenvalue weighted by Gasteiger charge is 2.32. The number of carbonyl (C=O) groups excluding carboxylic acids is 1. The van der Waals surface area contributed by atoms with Crippen LogP contribution in [0, 0.1) is 0 Å². The molecule has 0 atom stereocenters. The summed E-state index contributed by atoms with van der Waals surface area (Å²) in [5.74, 6) is -0.438. The molecule has 0 radical (unpaired) electrons. The normalized spacial score (nSPS) is 14.4. The second kappa shape index (κ2) is 9.48. The van der Waals surface area contributed by atoms with Crippen LogP contribution in [0.5, 0.6) is 0 Å². The Morgan fingerprint density at radius 3 is 2.56 bits per heavy atom. The zero-order valence-electron chi connectivity index (χ0n) is 16.8. The standard InChI is InChI=1S/C22H19ClF3N3O2S/c23-16-4-1-14(2-5-16)21-27-17(13-32-21)12-20(30)28-18-11-15(22(24,25)26)3-6-19(18)29-7-9-31-10-8-29/h1-6,11,13H,7-10,12H2,(H,28,30). The van der Waals surface area contributed by atoms with E-state index in [-0.39, 0.29) is 12.1 Å². The first kappa shape index (κ1) is 22.6. The van der Waals surface area contributed by atoms with Crippen molar-refractivity contribution in [1.82, 2.24) is 4.98 Å². The Morgan fingerprint density at radius 2 is 1.88 bits per heavy atom. The third-order valence-corrected chi connectivity index (χ3v) is 6.13. The molecule has 168 valence electrons. The van der Waals surface area contributed by atoms with Crippen molar-refractivity contribution in [3.63, 3.8) is 0 Å². The molecule has 0 saturated carbocycles. The number of amides is 1. The molecule has 1 aliphatic heterocycles. The lowest BCUT2D eigenvalue weighted by Crippen LogP contribution is -2.37. The van der Waals surface area contributed by atoms with Gasteiger partial charge in [-0.05, 0) is 30.3 Å². The number of hydrogen-bond donors (Lipinski definition) is 1. The van der Waals surface area contributed by atoms with Crippen molar-refractivity contribution >= 4 is 40.2 Å². The van der Waals surface area contributed by atoms with Crippen molar-refractivity contribution < 1.29 is 22.7 Å². The van der Waals surface area contributed by atoms with Crippen LogP contribution in [-0.2, 0) is 22.1 Å². The molecule has 1 fully saturated rings. The summed E-state index contributed by atoms with van der Waals surface area (Å²) in [6, 6.07) is 10.6. The van der Waals surface area contributed by atoms with Crippen LogP contribution in [0.15, 0.2) is 47.8 Å². The van der Waals surface area contributed by atoms with Gasteiger partial charge in [-0.15, -0.1) is 11.3 Å². The Morgan fingerprint density at radius 1 is 1.16 bits per heavy atom. The van der Waals surface area contributed by atoms with Gasteiger partial charge in [0.15, 0.2) is 0 Å². The Kier molecular flexibility index (Phi) is 6.68. The van der Waals surface area contributed by atoms with Gasteiger partial charge in [-0.1, -0.05) is 23.7 Å². The first-order valence-electron chi connectivity index (χ1n) is 9.84. The largest absolute Gasteiger partial charge is 0.416 e. The van der Waals surface area contributed by atoms with E-state index in [0.29, 0.717) is 42.7 Å². The number of thiazole rings is 1. The summed E-state index contributed by atoms with van der Waals surface area (Å²) >= 11 is 7.29. The van der Waals surface area contributed by atoms with Gasteiger partial charge in [0.05, 0.1) is 42.3 Å². The minimum absolute atomic E-state index is 0.0527. The lowest BCUT2D eigenvalue weighted by molar-refractivity contribution is -0.137. The first-order chi connectivity index (χ1) is 15.3. The highest BCUT2D eigenvalue weighted by atomic mass is 35.5. The second-order valence-corrected chi connectivity index (χ2v) is 8.50. The molecular weight excluding hydrogens is 463 g/mol. The van der Waals surface area contributed by atoms with E-state index in [0.717, 1.165) is 22.7 Å². The fourth-order valence-electron chi connectivity index (χ4n) is 3.36. The number of rotatable bonds is 5. The van der Waals surface area contributed by atoms with E-state index in [1.54, 1.807) is 17.5 Å². The lowest BCUT2D eigenvalue weighted by Gasteiger charge is -2.31. The zero-order valence-corrected chi connectivity index (χ0v) is 18.4. The molecule has 4 rings (SSSR count). The summed E-state index contributed by atoms with van der Waals surface area (Å²) in [6.45, 7) is 2.01. The molecule has 1 amide bonds. The number of anilines is 2. The van der Waals surface area contributed by atoms with Crippen LogP contribution >= 0.6 is 22.9 Å². The summed E-state index contributed by atoms with van der Waals surface area (Å²) in [5, 5.41) is 5.76. The number of carbonyl (C=O) groups is 1. The molecule has 2 aromatic carbocycles. The van der Waals surface area contributed by atoms with Gasteiger partial charge in [-0.3, -0.25) is 4.79 Å². The van der Waals surface area contributed by atoms with Crippen molar-refractivity contribution in [3.8, 4) is 10.6 Å². The van der Waals surface area contributed by atoms with E-state index in [9.17, 15) is 18.0 Å². The minimum atomic E-state index is -4.51. The molecule has 0 unspecified atom stereocenters. The maximum atomic E-state index is 13.3. The van der Waals surface area contributed by atoms with Crippen molar-refractivity contribution in [2.24, 2.45) is 0 Å². The van der Waals surface area contributed by atoms with Crippen LogP contribution in [0.2, 0.25) is 5.02 Å². The minimum Gasteiger partial charge on any atom is -0.378 e. The third kappa shape index (κ3) is 5.40. The van der Waals surface area contributed by atoms with Crippen LogP contribution in [0.4, 0.5) is 24.5 Å². The maximum absolute atomic E-state index is 13.3. The van der Waals surface area contributed by atoms with Crippen LogP contribution in [0.25, 0.3) is 10.6 Å². The van der Waals surface area contributed by atoms with Gasteiger partial charge in [0.25, 0.3) is 0 Å². The van der Waals surface area contributed by atoms with Crippen LogP contribution < -0.4 is 10.2 Å². The molecule has 1 aromatic heterocycles. The molecule has 1 saturated heterocycles. The fourth-order valence-corrected chi connectivity index (χ4v) is 4.32. The van der Waals surface area contributed by atoms with Gasteiger partial charge in [-0.25, -0.2) is 4.98 Å². The van der Waals surface area contributed by atoms with Crippen molar-refractivity contribution in [3.05, 3.63) is 64.1 Å². The number of benzene rings is 2. The summed E-state index contributed by atoms with van der Waals surface area (Å²) < 4.78 is 45.1. The Hall–Kier alpha value is -2.62. The van der Waals surface area contributed by atoms with Crippen LogP contribution in [-0.4, -0.2) is 37.2 Å². The molecule has 0 bridgehead atoms. The third-order valence-electron chi connectivity index (χ3n) is 4.93. The highest BCUT2D eigenvalue weighted by molar-refractivity contribution is 7.13. The summed E-state index contributed by atoms with van der Waals surface area (Å²) in [7, 11) is 0. The van der Waals surface area contributed by atoms with Gasteiger partial charge in [0.1, 0.15) is 5.01 Å². The van der Waals surface area contributed by atoms with E-state index in [4.69, 9.17) is 16.3 Å². The van der Waals surface area contributed by atoms with E-state index in [2.05, 4.69) is 10.3 Å². The number of morpholine rings is 1. The molecule has 10 heteroatoms. The number of alkyl halides is 3.